The summed E-state index contributed by atoms with van der Waals surface area (Å²) < 4.78 is 10.6. The van der Waals surface area contributed by atoms with Crippen LogP contribution in [0.15, 0.2) is 18.2 Å². The number of nitriles is 1. The summed E-state index contributed by atoms with van der Waals surface area (Å²) in [7, 11) is 1.56. The number of nitrogens with zero attached hydrogens (tertiary/aromatic N) is 2. The maximum Gasteiger partial charge on any atom is 0.313 e. The van der Waals surface area contributed by atoms with Crippen LogP contribution in [0.25, 0.3) is 0 Å². The van der Waals surface area contributed by atoms with Gasteiger partial charge in [0.15, 0.2) is 6.61 Å². The number of halogens is 1. The zero-order valence-corrected chi connectivity index (χ0v) is 13.5. The summed E-state index contributed by atoms with van der Waals surface area (Å²) in [5.74, 6) is -0.560. The third-order valence-corrected chi connectivity index (χ3v) is 3.82. The van der Waals surface area contributed by atoms with E-state index in [4.69, 9.17) is 26.3 Å². The molecule has 0 unspecified atom stereocenters. The standard InChI is InChI=1S/C16H17ClN2O4/c1-19(6-2-5-18)15(20)10-23-16(21)12-7-11-8-13(17)3-4-14(11)22-9-12/h3-4,8,12H,2,6-7,9-10H2,1H3/t12-/m1/s1. The van der Waals surface area contributed by atoms with E-state index in [9.17, 15) is 9.59 Å². The Kier molecular flexibility index (Phi) is 5.83. The predicted molar refractivity (Wildman–Crippen MR) is 83.0 cm³/mol. The molecular formula is C16H17ClN2O4. The number of hydrogen-bond donors (Lipinski definition) is 0. The largest absolute Gasteiger partial charge is 0.492 e. The van der Waals surface area contributed by atoms with Gasteiger partial charge < -0.3 is 14.4 Å². The van der Waals surface area contributed by atoms with Gasteiger partial charge in [-0.25, -0.2) is 0 Å². The number of hydrogen-bond acceptors (Lipinski definition) is 5. The van der Waals surface area contributed by atoms with Crippen molar-refractivity contribution in [3.8, 4) is 11.8 Å². The first-order valence-electron chi connectivity index (χ1n) is 7.20. The van der Waals surface area contributed by atoms with E-state index in [0.717, 1.165) is 5.56 Å². The zero-order valence-electron chi connectivity index (χ0n) is 12.8. The molecule has 1 amide bonds. The van der Waals surface area contributed by atoms with E-state index in [-0.39, 0.29) is 25.5 Å². The fourth-order valence-electron chi connectivity index (χ4n) is 2.22. The molecule has 7 heteroatoms. The Hall–Kier alpha value is -2.26. The van der Waals surface area contributed by atoms with Crippen molar-refractivity contribution in [3.05, 3.63) is 28.8 Å². The molecule has 1 aliphatic heterocycles. The van der Waals surface area contributed by atoms with E-state index in [1.54, 1.807) is 25.2 Å². The lowest BCUT2D eigenvalue weighted by molar-refractivity contribution is -0.156. The van der Waals surface area contributed by atoms with Crippen LogP contribution in [0.2, 0.25) is 5.02 Å². The summed E-state index contributed by atoms with van der Waals surface area (Å²) in [4.78, 5) is 25.2. The van der Waals surface area contributed by atoms with Crippen LogP contribution in [0.4, 0.5) is 0 Å². The molecule has 0 spiro atoms. The highest BCUT2D eigenvalue weighted by molar-refractivity contribution is 6.30. The van der Waals surface area contributed by atoms with Crippen molar-refractivity contribution in [1.29, 1.82) is 5.26 Å². The van der Waals surface area contributed by atoms with Gasteiger partial charge in [0.25, 0.3) is 5.91 Å². The van der Waals surface area contributed by atoms with Crippen LogP contribution in [0.5, 0.6) is 5.75 Å². The van der Waals surface area contributed by atoms with E-state index in [0.29, 0.717) is 23.7 Å². The van der Waals surface area contributed by atoms with Crippen LogP contribution in [0.3, 0.4) is 0 Å². The summed E-state index contributed by atoms with van der Waals surface area (Å²) in [6.45, 7) is 0.191. The molecule has 0 bridgehead atoms. The molecule has 1 aromatic rings. The van der Waals surface area contributed by atoms with E-state index in [2.05, 4.69) is 0 Å². The number of benzene rings is 1. The quantitative estimate of drug-likeness (QED) is 0.766. The van der Waals surface area contributed by atoms with E-state index in [1.165, 1.54) is 4.90 Å². The van der Waals surface area contributed by atoms with Crippen molar-refractivity contribution >= 4 is 23.5 Å². The van der Waals surface area contributed by atoms with Crippen molar-refractivity contribution < 1.29 is 19.1 Å². The second-order valence-electron chi connectivity index (χ2n) is 5.30. The Morgan fingerprint density at radius 3 is 3.04 bits per heavy atom. The van der Waals surface area contributed by atoms with Crippen LogP contribution in [-0.4, -0.2) is 43.6 Å². The van der Waals surface area contributed by atoms with Gasteiger partial charge >= 0.3 is 5.97 Å². The van der Waals surface area contributed by atoms with Gasteiger partial charge in [0.05, 0.1) is 18.4 Å². The van der Waals surface area contributed by atoms with Crippen molar-refractivity contribution in [2.24, 2.45) is 5.92 Å². The minimum absolute atomic E-state index is 0.214. The molecule has 1 aliphatic rings. The topological polar surface area (TPSA) is 79.6 Å². The fourth-order valence-corrected chi connectivity index (χ4v) is 2.41. The Bertz CT molecular complexity index is 641. The number of carbonyl (C=O) groups excluding carboxylic acids is 2. The zero-order chi connectivity index (χ0) is 16.8. The lowest BCUT2D eigenvalue weighted by Gasteiger charge is -2.24. The van der Waals surface area contributed by atoms with Gasteiger partial charge in [-0.1, -0.05) is 11.6 Å². The average molecular weight is 337 g/mol. The van der Waals surface area contributed by atoms with Crippen LogP contribution >= 0.6 is 11.6 Å². The number of esters is 1. The number of fused-ring (bicyclic) bond motifs is 1. The smallest absolute Gasteiger partial charge is 0.313 e. The minimum atomic E-state index is -0.474. The Morgan fingerprint density at radius 1 is 1.52 bits per heavy atom. The maximum absolute atomic E-state index is 12.1. The molecule has 122 valence electrons. The van der Waals surface area contributed by atoms with Gasteiger partial charge in [0.1, 0.15) is 12.4 Å². The highest BCUT2D eigenvalue weighted by Gasteiger charge is 2.28. The molecule has 0 N–H and O–H groups in total. The number of likely N-dealkylation sites (N-methyl/N-ethyl adjacent to an activating group) is 1. The average Bonchev–Trinajstić information content (AvgIpc) is 2.56. The summed E-state index contributed by atoms with van der Waals surface area (Å²) in [5.41, 5.74) is 0.850. The molecular weight excluding hydrogens is 320 g/mol. The summed E-state index contributed by atoms with van der Waals surface area (Å²) in [6, 6.07) is 7.22. The highest BCUT2D eigenvalue weighted by atomic mass is 35.5. The van der Waals surface area contributed by atoms with Crippen LogP contribution in [0, 0.1) is 17.2 Å². The van der Waals surface area contributed by atoms with E-state index >= 15 is 0 Å². The number of rotatable bonds is 5. The maximum atomic E-state index is 12.1. The Labute approximate surface area is 139 Å². The molecule has 1 aromatic carbocycles. The van der Waals surface area contributed by atoms with E-state index in [1.807, 2.05) is 6.07 Å². The van der Waals surface area contributed by atoms with Gasteiger partial charge in [-0.05, 0) is 30.2 Å². The van der Waals surface area contributed by atoms with Crippen LogP contribution in [0.1, 0.15) is 12.0 Å². The lowest BCUT2D eigenvalue weighted by Crippen LogP contribution is -2.35. The normalized spacial score (nSPS) is 15.8. The Balaban J connectivity index is 1.85. The monoisotopic (exact) mass is 336 g/mol. The molecule has 0 aliphatic carbocycles. The molecule has 0 radical (unpaired) electrons. The number of amides is 1. The van der Waals surface area contributed by atoms with Gasteiger partial charge in [-0.2, -0.15) is 5.26 Å². The summed E-state index contributed by atoms with van der Waals surface area (Å²) >= 11 is 5.94. The van der Waals surface area contributed by atoms with Gasteiger partial charge in [-0.3, -0.25) is 9.59 Å². The van der Waals surface area contributed by atoms with Gasteiger partial charge in [0.2, 0.25) is 0 Å². The van der Waals surface area contributed by atoms with Crippen molar-refractivity contribution in [2.75, 3.05) is 26.8 Å². The lowest BCUT2D eigenvalue weighted by atomic mass is 9.97. The highest BCUT2D eigenvalue weighted by Crippen LogP contribution is 2.30. The van der Waals surface area contributed by atoms with Gasteiger partial charge in [-0.15, -0.1) is 0 Å². The first-order chi connectivity index (χ1) is 11.0. The van der Waals surface area contributed by atoms with Crippen LogP contribution < -0.4 is 4.74 Å². The van der Waals surface area contributed by atoms with E-state index < -0.39 is 11.9 Å². The molecule has 0 saturated heterocycles. The third kappa shape index (κ3) is 4.60. The summed E-state index contributed by atoms with van der Waals surface area (Å²) in [6.07, 6.45) is 0.706. The molecule has 23 heavy (non-hydrogen) atoms. The third-order valence-electron chi connectivity index (χ3n) is 3.58. The molecule has 0 saturated carbocycles. The molecule has 1 atom stereocenters. The first kappa shape index (κ1) is 17.1. The molecule has 6 nitrogen and oxygen atoms in total. The summed E-state index contributed by atoms with van der Waals surface area (Å²) in [5, 5.41) is 9.07. The molecule has 0 aromatic heterocycles. The second kappa shape index (κ2) is 7.84. The molecule has 1 heterocycles. The SMILES string of the molecule is CN(CCC#N)C(=O)COC(=O)[C@H]1COc2ccc(Cl)cc2C1. The fraction of sp³-hybridized carbons (Fsp3) is 0.438. The Morgan fingerprint density at radius 2 is 2.30 bits per heavy atom. The van der Waals surface area contributed by atoms with Crippen LogP contribution in [-0.2, 0) is 20.7 Å². The molecule has 2 rings (SSSR count). The van der Waals surface area contributed by atoms with Gasteiger partial charge in [0, 0.05) is 18.6 Å². The second-order valence-corrected chi connectivity index (χ2v) is 5.73. The van der Waals surface area contributed by atoms with Crippen molar-refractivity contribution in [1.82, 2.24) is 4.90 Å². The first-order valence-corrected chi connectivity index (χ1v) is 7.58. The van der Waals surface area contributed by atoms with Crippen molar-refractivity contribution in [3.63, 3.8) is 0 Å². The minimum Gasteiger partial charge on any atom is -0.492 e. The van der Waals surface area contributed by atoms with Crippen molar-refractivity contribution in [2.45, 2.75) is 12.8 Å². The molecule has 0 fully saturated rings. The number of carbonyl (C=O) groups is 2. The predicted octanol–water partition coefficient (Wildman–Crippen LogP) is 1.81. The number of ether oxygens (including phenoxy) is 2.